The van der Waals surface area contributed by atoms with E-state index in [1.54, 1.807) is 12.1 Å². The minimum absolute atomic E-state index is 0.386. The van der Waals surface area contributed by atoms with Gasteiger partial charge in [0.15, 0.2) is 0 Å². The third-order valence-corrected chi connectivity index (χ3v) is 2.25. The van der Waals surface area contributed by atoms with Crippen molar-refractivity contribution in [2.24, 2.45) is 5.41 Å². The van der Waals surface area contributed by atoms with Crippen LogP contribution in [-0.2, 0) is 4.79 Å². The highest BCUT2D eigenvalue weighted by Crippen LogP contribution is 2.23. The van der Waals surface area contributed by atoms with Gasteiger partial charge in [-0.25, -0.2) is 9.18 Å². The van der Waals surface area contributed by atoms with Crippen LogP contribution in [0.15, 0.2) is 24.3 Å². The number of hydrogen-bond donors (Lipinski definition) is 2. The van der Waals surface area contributed by atoms with Crippen LogP contribution >= 0.6 is 0 Å². The van der Waals surface area contributed by atoms with Gasteiger partial charge in [-0.3, -0.25) is 0 Å². The highest BCUT2D eigenvalue weighted by atomic mass is 19.1. The molecule has 0 aromatic heterocycles. The van der Waals surface area contributed by atoms with Crippen molar-refractivity contribution < 1.29 is 14.3 Å². The topological polar surface area (TPSA) is 49.3 Å². The van der Waals surface area contributed by atoms with Gasteiger partial charge in [0.2, 0.25) is 0 Å². The van der Waals surface area contributed by atoms with Gasteiger partial charge in [0.1, 0.15) is 11.9 Å². The van der Waals surface area contributed by atoms with E-state index in [9.17, 15) is 9.18 Å². The van der Waals surface area contributed by atoms with Crippen LogP contribution in [0.25, 0.3) is 0 Å². The van der Waals surface area contributed by atoms with Crippen molar-refractivity contribution in [2.75, 3.05) is 5.32 Å². The Hall–Kier alpha value is -1.58. The minimum atomic E-state index is -0.947. The van der Waals surface area contributed by atoms with Crippen LogP contribution in [0, 0.1) is 11.2 Å². The molecule has 1 unspecified atom stereocenters. The zero-order valence-corrected chi connectivity index (χ0v) is 9.62. The number of nitrogens with one attached hydrogen (secondary N) is 1. The second-order valence-electron chi connectivity index (χ2n) is 4.79. The molecule has 3 nitrogen and oxygen atoms in total. The number of carboxylic acid groups (broad SMARTS) is 1. The Labute approximate surface area is 94.3 Å². The second-order valence-corrected chi connectivity index (χ2v) is 4.79. The molecule has 0 aliphatic heterocycles. The molecule has 16 heavy (non-hydrogen) atoms. The van der Waals surface area contributed by atoms with Crippen LogP contribution in [0.1, 0.15) is 20.8 Å². The monoisotopic (exact) mass is 225 g/mol. The standard InChI is InChI=1S/C12H16FNO2/c1-12(2,3)10(11(15)16)14-9-6-4-5-8(13)7-9/h4-7,10,14H,1-3H3,(H,15,16). The first-order valence-electron chi connectivity index (χ1n) is 5.05. The van der Waals surface area contributed by atoms with Gasteiger partial charge in [0.05, 0.1) is 0 Å². The Morgan fingerprint density at radius 1 is 1.44 bits per heavy atom. The molecule has 1 aromatic rings. The molecule has 1 aromatic carbocycles. The first-order chi connectivity index (χ1) is 7.30. The number of hydrogen-bond acceptors (Lipinski definition) is 2. The van der Waals surface area contributed by atoms with E-state index in [0.717, 1.165) is 0 Å². The molecule has 0 fully saturated rings. The lowest BCUT2D eigenvalue weighted by Gasteiger charge is -2.28. The molecule has 0 aliphatic carbocycles. The van der Waals surface area contributed by atoms with Crippen LogP contribution in [0.4, 0.5) is 10.1 Å². The fourth-order valence-corrected chi connectivity index (χ4v) is 1.39. The number of aliphatic carboxylic acids is 1. The molecule has 0 heterocycles. The third kappa shape index (κ3) is 3.22. The van der Waals surface area contributed by atoms with Crippen molar-refractivity contribution in [2.45, 2.75) is 26.8 Å². The zero-order valence-electron chi connectivity index (χ0n) is 9.62. The largest absolute Gasteiger partial charge is 0.480 e. The summed E-state index contributed by atoms with van der Waals surface area (Å²) in [6.45, 7) is 5.45. The second kappa shape index (κ2) is 4.51. The summed E-state index contributed by atoms with van der Waals surface area (Å²) >= 11 is 0. The lowest BCUT2D eigenvalue weighted by molar-refractivity contribution is -0.140. The third-order valence-electron chi connectivity index (χ3n) is 2.25. The molecular formula is C12H16FNO2. The summed E-state index contributed by atoms with van der Waals surface area (Å²) in [5.74, 6) is -1.33. The number of carbonyl (C=O) groups is 1. The molecule has 1 rings (SSSR count). The van der Waals surface area contributed by atoms with Crippen molar-refractivity contribution in [3.8, 4) is 0 Å². The van der Waals surface area contributed by atoms with E-state index in [0.29, 0.717) is 5.69 Å². The van der Waals surface area contributed by atoms with Crippen LogP contribution in [0.2, 0.25) is 0 Å². The molecule has 0 spiro atoms. The Morgan fingerprint density at radius 2 is 2.06 bits per heavy atom. The van der Waals surface area contributed by atoms with Crippen LogP contribution < -0.4 is 5.32 Å². The van der Waals surface area contributed by atoms with E-state index in [1.807, 2.05) is 20.8 Å². The van der Waals surface area contributed by atoms with Gasteiger partial charge < -0.3 is 10.4 Å². The number of anilines is 1. The molecule has 2 N–H and O–H groups in total. The van der Waals surface area contributed by atoms with E-state index < -0.39 is 17.4 Å². The van der Waals surface area contributed by atoms with Crippen molar-refractivity contribution in [3.63, 3.8) is 0 Å². The maximum Gasteiger partial charge on any atom is 0.326 e. The summed E-state index contributed by atoms with van der Waals surface area (Å²) in [5.41, 5.74) is 0.0281. The molecule has 4 heteroatoms. The van der Waals surface area contributed by atoms with E-state index >= 15 is 0 Å². The van der Waals surface area contributed by atoms with Crippen molar-refractivity contribution in [1.82, 2.24) is 0 Å². The number of rotatable bonds is 3. The average Bonchev–Trinajstić information content (AvgIpc) is 2.12. The number of benzene rings is 1. The van der Waals surface area contributed by atoms with E-state index in [4.69, 9.17) is 5.11 Å². The lowest BCUT2D eigenvalue weighted by Crippen LogP contribution is -2.41. The van der Waals surface area contributed by atoms with Gasteiger partial charge in [-0.05, 0) is 23.6 Å². The minimum Gasteiger partial charge on any atom is -0.480 e. The molecule has 0 saturated heterocycles. The number of carboxylic acids is 1. The molecule has 0 aliphatic rings. The summed E-state index contributed by atoms with van der Waals surface area (Å²) in [4.78, 5) is 11.1. The van der Waals surface area contributed by atoms with E-state index in [2.05, 4.69) is 5.32 Å². The molecule has 1 atom stereocenters. The van der Waals surface area contributed by atoms with E-state index in [1.165, 1.54) is 12.1 Å². The normalized spacial score (nSPS) is 13.2. The predicted octanol–water partition coefficient (Wildman–Crippen LogP) is 2.74. The Bertz CT molecular complexity index is 385. The average molecular weight is 225 g/mol. The number of halogens is 1. The fraction of sp³-hybridized carbons (Fsp3) is 0.417. The van der Waals surface area contributed by atoms with Gasteiger partial charge in [0.25, 0.3) is 0 Å². The van der Waals surface area contributed by atoms with Crippen molar-refractivity contribution in [3.05, 3.63) is 30.1 Å². The van der Waals surface area contributed by atoms with Crippen molar-refractivity contribution in [1.29, 1.82) is 0 Å². The molecule has 0 radical (unpaired) electrons. The Balaban J connectivity index is 2.89. The van der Waals surface area contributed by atoms with Crippen LogP contribution in [0.5, 0.6) is 0 Å². The summed E-state index contributed by atoms with van der Waals surface area (Å²) in [6, 6.07) is 5.03. The first-order valence-corrected chi connectivity index (χ1v) is 5.05. The predicted molar refractivity (Wildman–Crippen MR) is 60.9 cm³/mol. The van der Waals surface area contributed by atoms with Gasteiger partial charge >= 0.3 is 5.97 Å². The van der Waals surface area contributed by atoms with Gasteiger partial charge in [-0.1, -0.05) is 26.8 Å². The van der Waals surface area contributed by atoms with E-state index in [-0.39, 0.29) is 5.82 Å². The summed E-state index contributed by atoms with van der Waals surface area (Å²) in [5, 5.41) is 11.9. The molecule has 0 amide bonds. The summed E-state index contributed by atoms with van der Waals surface area (Å²) in [6.07, 6.45) is 0. The maximum atomic E-state index is 12.9. The van der Waals surface area contributed by atoms with Gasteiger partial charge in [0, 0.05) is 5.69 Å². The molecular weight excluding hydrogens is 209 g/mol. The maximum absolute atomic E-state index is 12.9. The highest BCUT2D eigenvalue weighted by Gasteiger charge is 2.30. The van der Waals surface area contributed by atoms with Crippen LogP contribution in [0.3, 0.4) is 0 Å². The smallest absolute Gasteiger partial charge is 0.326 e. The Kier molecular flexibility index (Phi) is 3.52. The molecule has 88 valence electrons. The molecule has 0 saturated carbocycles. The van der Waals surface area contributed by atoms with Gasteiger partial charge in [-0.2, -0.15) is 0 Å². The van der Waals surface area contributed by atoms with Gasteiger partial charge in [-0.15, -0.1) is 0 Å². The lowest BCUT2D eigenvalue weighted by atomic mass is 9.86. The summed E-state index contributed by atoms with van der Waals surface area (Å²) < 4.78 is 12.9. The summed E-state index contributed by atoms with van der Waals surface area (Å²) in [7, 11) is 0. The van der Waals surface area contributed by atoms with Crippen molar-refractivity contribution >= 4 is 11.7 Å². The highest BCUT2D eigenvalue weighted by molar-refractivity contribution is 5.78. The Morgan fingerprint density at radius 3 is 2.50 bits per heavy atom. The first kappa shape index (κ1) is 12.5. The zero-order chi connectivity index (χ0) is 12.3. The quantitative estimate of drug-likeness (QED) is 0.831. The molecule has 0 bridgehead atoms. The fourth-order valence-electron chi connectivity index (χ4n) is 1.39. The van der Waals surface area contributed by atoms with Crippen LogP contribution in [-0.4, -0.2) is 17.1 Å². The SMILES string of the molecule is CC(C)(C)C(Nc1cccc(F)c1)C(=O)O.